The van der Waals surface area contributed by atoms with E-state index < -0.39 is 0 Å². The smallest absolute Gasteiger partial charge is 0.310 e. The quantitative estimate of drug-likeness (QED) is 0.538. The number of esters is 1. The molecule has 27 heavy (non-hydrogen) atoms. The summed E-state index contributed by atoms with van der Waals surface area (Å²) in [6.45, 7) is 1.44. The van der Waals surface area contributed by atoms with Gasteiger partial charge < -0.3 is 15.4 Å². The second kappa shape index (κ2) is 7.01. The first-order valence-corrected chi connectivity index (χ1v) is 10.2. The lowest BCUT2D eigenvalue weighted by molar-refractivity contribution is -0.162. The molecule has 8 heteroatoms. The van der Waals surface area contributed by atoms with Crippen molar-refractivity contribution in [1.82, 2.24) is 10.3 Å². The molecule has 1 saturated heterocycles. The Bertz CT molecular complexity index is 751. The minimum atomic E-state index is -0.291. The molecule has 1 amide bonds. The second-order valence-electron chi connectivity index (χ2n) is 8.15. The molecular formula is C19H23BrClN3O3. The monoisotopic (exact) mass is 455 g/mol. The zero-order chi connectivity index (χ0) is 17.9. The molecule has 1 aromatic heterocycles. The zero-order valence-electron chi connectivity index (χ0n) is 14.8. The molecule has 2 heterocycles. The maximum absolute atomic E-state index is 13.1. The Morgan fingerprint density at radius 2 is 1.89 bits per heavy atom. The fraction of sp³-hybridized carbons (Fsp3) is 0.632. The number of nitrogens with one attached hydrogen (secondary N) is 2. The van der Waals surface area contributed by atoms with E-state index in [0.717, 1.165) is 43.4 Å². The molecule has 2 bridgehead atoms. The van der Waals surface area contributed by atoms with Gasteiger partial charge in [0.1, 0.15) is 10.7 Å². The van der Waals surface area contributed by atoms with Gasteiger partial charge in [-0.2, -0.15) is 0 Å². The van der Waals surface area contributed by atoms with Gasteiger partial charge >= 0.3 is 5.97 Å². The van der Waals surface area contributed by atoms with E-state index in [1.165, 1.54) is 0 Å². The fourth-order valence-electron chi connectivity index (χ4n) is 5.59. The summed E-state index contributed by atoms with van der Waals surface area (Å²) in [5.74, 6) is -0.161. The molecule has 6 nitrogen and oxygen atoms in total. The van der Waals surface area contributed by atoms with Gasteiger partial charge in [0.25, 0.3) is 0 Å². The topological polar surface area (TPSA) is 80.3 Å². The number of hydrogen-bond acceptors (Lipinski definition) is 5. The first kappa shape index (κ1) is 19.2. The van der Waals surface area contributed by atoms with E-state index in [9.17, 15) is 9.59 Å². The summed E-state index contributed by atoms with van der Waals surface area (Å²) < 4.78 is 6.42. The molecule has 3 saturated carbocycles. The normalized spacial score (nSPS) is 32.5. The van der Waals surface area contributed by atoms with Crippen LogP contribution < -0.4 is 10.6 Å². The number of amides is 1. The summed E-state index contributed by atoms with van der Waals surface area (Å²) in [5.41, 5.74) is 0.891. The number of rotatable bonds is 4. The van der Waals surface area contributed by atoms with E-state index in [2.05, 4.69) is 31.5 Å². The van der Waals surface area contributed by atoms with Crippen LogP contribution in [0.25, 0.3) is 0 Å². The van der Waals surface area contributed by atoms with Crippen LogP contribution in [0.2, 0.25) is 0 Å². The number of ether oxygens (including phenoxy) is 1. The maximum Gasteiger partial charge on any atom is 0.310 e. The molecule has 4 aliphatic rings. The van der Waals surface area contributed by atoms with Crippen LogP contribution in [0.3, 0.4) is 0 Å². The highest BCUT2D eigenvalue weighted by Gasteiger charge is 2.72. The van der Waals surface area contributed by atoms with Crippen molar-refractivity contribution >= 4 is 45.9 Å². The maximum atomic E-state index is 13.1. The van der Waals surface area contributed by atoms with E-state index in [4.69, 9.17) is 4.74 Å². The highest BCUT2D eigenvalue weighted by atomic mass is 79.9. The Labute approximate surface area is 172 Å². The second-order valence-corrected chi connectivity index (χ2v) is 8.96. The van der Waals surface area contributed by atoms with Crippen molar-refractivity contribution in [1.29, 1.82) is 0 Å². The number of hydrogen-bond donors (Lipinski definition) is 2. The van der Waals surface area contributed by atoms with Crippen molar-refractivity contribution in [2.75, 3.05) is 18.4 Å². The molecule has 2 N–H and O–H groups in total. The van der Waals surface area contributed by atoms with Crippen molar-refractivity contribution in [3.63, 3.8) is 0 Å². The van der Waals surface area contributed by atoms with Crippen LogP contribution in [0.1, 0.15) is 25.7 Å². The molecule has 0 unspecified atom stereocenters. The van der Waals surface area contributed by atoms with Crippen LogP contribution in [-0.4, -0.2) is 36.1 Å². The Hall–Kier alpha value is -1.18. The number of aromatic nitrogens is 1. The van der Waals surface area contributed by atoms with Gasteiger partial charge in [-0.05, 0) is 71.0 Å². The summed E-state index contributed by atoms with van der Waals surface area (Å²) in [5, 5.41) is 6.11. The average Bonchev–Trinajstić information content (AvgIpc) is 3.26. The van der Waals surface area contributed by atoms with Gasteiger partial charge in [-0.3, -0.25) is 9.59 Å². The van der Waals surface area contributed by atoms with Crippen molar-refractivity contribution in [3.05, 3.63) is 22.9 Å². The number of halogens is 2. The molecule has 1 aromatic rings. The average molecular weight is 457 g/mol. The third-order valence-electron chi connectivity index (χ3n) is 6.94. The Balaban J connectivity index is 0.00000180. The molecule has 146 valence electrons. The van der Waals surface area contributed by atoms with Crippen molar-refractivity contribution in [3.8, 4) is 0 Å². The van der Waals surface area contributed by atoms with Gasteiger partial charge in [0, 0.05) is 13.1 Å². The summed E-state index contributed by atoms with van der Waals surface area (Å²) in [6.07, 6.45) is 6.01. The first-order valence-electron chi connectivity index (χ1n) is 9.42. The number of carbonyl (C=O) groups excluding carboxylic acids is 2. The van der Waals surface area contributed by atoms with Gasteiger partial charge in [-0.15, -0.1) is 12.4 Å². The van der Waals surface area contributed by atoms with Crippen LogP contribution in [-0.2, 0) is 14.3 Å². The lowest BCUT2D eigenvalue weighted by Crippen LogP contribution is -2.51. The molecule has 1 spiro atoms. The molecular weight excluding hydrogens is 434 g/mol. The standard InChI is InChI=1S/C19H22BrN3O3.ClH/c20-14-4-1-10(7-22-14)23-17(24)15-12-2-3-13(19(12)5-6-19)16(15)18(25)26-11-8-21-9-11;/h1,4,7,11-13,15-16,21H,2-3,5-6,8-9H2,(H,23,24);1H/t12-,13+,15+,16+;/m0./s1. The van der Waals surface area contributed by atoms with Crippen molar-refractivity contribution in [2.45, 2.75) is 31.8 Å². The van der Waals surface area contributed by atoms with Gasteiger partial charge in [0.15, 0.2) is 0 Å². The minimum Gasteiger partial charge on any atom is -0.459 e. The SMILES string of the molecule is Cl.O=C(OC1CNC1)[C@H]1[C@H](C(=O)Nc2ccc(Br)nc2)[C@@H]2CC[C@H]1C21CC1. The van der Waals surface area contributed by atoms with E-state index in [1.54, 1.807) is 12.3 Å². The molecule has 3 aliphatic carbocycles. The fourth-order valence-corrected chi connectivity index (χ4v) is 5.82. The third kappa shape index (κ3) is 3.08. The number of carbonyl (C=O) groups is 2. The largest absolute Gasteiger partial charge is 0.459 e. The van der Waals surface area contributed by atoms with E-state index in [1.807, 2.05) is 6.07 Å². The summed E-state index contributed by atoms with van der Waals surface area (Å²) in [6, 6.07) is 3.62. The highest BCUT2D eigenvalue weighted by molar-refractivity contribution is 9.10. The third-order valence-corrected chi connectivity index (χ3v) is 7.41. The predicted octanol–water partition coefficient (Wildman–Crippen LogP) is 2.77. The minimum absolute atomic E-state index is 0. The highest BCUT2D eigenvalue weighted by Crippen LogP contribution is 2.74. The van der Waals surface area contributed by atoms with Gasteiger partial charge in [0.2, 0.25) is 5.91 Å². The van der Waals surface area contributed by atoms with Crippen LogP contribution in [0, 0.1) is 29.1 Å². The zero-order valence-corrected chi connectivity index (χ0v) is 17.2. The summed E-state index contributed by atoms with van der Waals surface area (Å²) in [4.78, 5) is 30.2. The Morgan fingerprint density at radius 1 is 1.19 bits per heavy atom. The first-order chi connectivity index (χ1) is 12.6. The molecule has 1 aliphatic heterocycles. The van der Waals surface area contributed by atoms with Gasteiger partial charge in [-0.1, -0.05) is 0 Å². The van der Waals surface area contributed by atoms with Crippen molar-refractivity contribution < 1.29 is 14.3 Å². The summed E-state index contributed by atoms with van der Waals surface area (Å²) in [7, 11) is 0. The van der Waals surface area contributed by atoms with Gasteiger partial charge in [-0.25, -0.2) is 4.98 Å². The lowest BCUT2D eigenvalue weighted by Gasteiger charge is -2.32. The van der Waals surface area contributed by atoms with Crippen LogP contribution in [0.5, 0.6) is 0 Å². The van der Waals surface area contributed by atoms with Crippen LogP contribution in [0.15, 0.2) is 22.9 Å². The van der Waals surface area contributed by atoms with Crippen molar-refractivity contribution in [2.24, 2.45) is 29.1 Å². The molecule has 5 rings (SSSR count). The van der Waals surface area contributed by atoms with E-state index >= 15 is 0 Å². The van der Waals surface area contributed by atoms with Gasteiger partial charge in [0.05, 0.1) is 23.7 Å². The van der Waals surface area contributed by atoms with Crippen LogP contribution >= 0.6 is 28.3 Å². The predicted molar refractivity (Wildman–Crippen MR) is 105 cm³/mol. The number of pyridine rings is 1. The molecule has 0 aromatic carbocycles. The number of nitrogens with zero attached hydrogens (tertiary/aromatic N) is 1. The van der Waals surface area contributed by atoms with E-state index in [-0.39, 0.29) is 47.6 Å². The number of anilines is 1. The van der Waals surface area contributed by atoms with E-state index in [0.29, 0.717) is 17.5 Å². The Morgan fingerprint density at radius 3 is 2.44 bits per heavy atom. The summed E-state index contributed by atoms with van der Waals surface area (Å²) >= 11 is 3.30. The molecule has 0 radical (unpaired) electrons. The lowest BCUT2D eigenvalue weighted by atomic mass is 9.78. The Kier molecular flexibility index (Phi) is 4.97. The molecule has 4 fully saturated rings. The van der Waals surface area contributed by atoms with Crippen LogP contribution in [0.4, 0.5) is 5.69 Å². The molecule has 4 atom stereocenters.